The molecule has 0 radical (unpaired) electrons. The Hall–Kier alpha value is 0.538. The van der Waals surface area contributed by atoms with Gasteiger partial charge in [-0.25, -0.2) is 0 Å². The van der Waals surface area contributed by atoms with Gasteiger partial charge >= 0.3 is 94.2 Å². The topological polar surface area (TPSA) is 13.1 Å². The molecular formula is C16H23I2N3Pt. The third-order valence-electron chi connectivity index (χ3n) is 3.37. The molecule has 3 nitrogen and oxygen atoms in total. The summed E-state index contributed by atoms with van der Waals surface area (Å²) in [6, 6.07) is 11.3. The molecule has 2 aromatic rings. The number of rotatable bonds is 5. The summed E-state index contributed by atoms with van der Waals surface area (Å²) in [5.41, 5.74) is 1.34. The molecule has 1 aromatic carbocycles. The summed E-state index contributed by atoms with van der Waals surface area (Å²) in [7, 11) is 2.06. The fraction of sp³-hybridized carbons (Fsp3) is 0.438. The Morgan fingerprint density at radius 2 is 1.68 bits per heavy atom. The molecule has 0 aliphatic carbocycles. The number of benzene rings is 1. The Morgan fingerprint density at radius 3 is 2.05 bits per heavy atom. The summed E-state index contributed by atoms with van der Waals surface area (Å²) < 4.78 is 7.81. The predicted molar refractivity (Wildman–Crippen MR) is 106 cm³/mol. The van der Waals surface area contributed by atoms with Gasteiger partial charge in [-0.05, 0) is 12.8 Å². The van der Waals surface area contributed by atoms with Crippen LogP contribution in [0.15, 0.2) is 42.7 Å². The van der Waals surface area contributed by atoms with Crippen molar-refractivity contribution in [3.05, 3.63) is 52.1 Å². The molecule has 1 heterocycles. The molecule has 22 heavy (non-hydrogen) atoms. The summed E-state index contributed by atoms with van der Waals surface area (Å²) >= 11 is 6.99. The number of halogens is 2. The van der Waals surface area contributed by atoms with E-state index in [-0.39, 0.29) is 0 Å². The van der Waals surface area contributed by atoms with E-state index in [0.29, 0.717) is 0 Å². The van der Waals surface area contributed by atoms with Gasteiger partial charge in [0, 0.05) is 51.8 Å². The fourth-order valence-corrected chi connectivity index (χ4v) is 4.05. The Bertz CT molecular complexity index is 589. The second kappa shape index (κ2) is 11.2. The first-order valence-electron chi connectivity index (χ1n) is 7.31. The predicted octanol–water partition coefficient (Wildman–Crippen LogP) is 5.13. The van der Waals surface area contributed by atoms with Crippen LogP contribution in [0.25, 0.3) is 0 Å². The zero-order valence-corrected chi connectivity index (χ0v) is 19.7. The number of hydrogen-bond acceptors (Lipinski definition) is 1. The van der Waals surface area contributed by atoms with Crippen molar-refractivity contribution in [2.75, 3.05) is 0 Å². The summed E-state index contributed by atoms with van der Waals surface area (Å²) in [5, 5.41) is 0. The van der Waals surface area contributed by atoms with Gasteiger partial charge in [0.1, 0.15) is 0 Å². The molecule has 0 saturated heterocycles. The SMILES string of the molecule is CCC(CC)N(I)I.Cn1ccn(Cc2ccccc2)[c]1=[Pt]. The number of imidazole rings is 1. The van der Waals surface area contributed by atoms with Crippen molar-refractivity contribution in [2.45, 2.75) is 39.3 Å². The van der Waals surface area contributed by atoms with Crippen LogP contribution < -0.4 is 0 Å². The molecule has 0 aliphatic rings. The molecule has 1 aromatic heterocycles. The summed E-state index contributed by atoms with van der Waals surface area (Å²) in [5.74, 6) is 0. The molecule has 2 rings (SSSR count). The quantitative estimate of drug-likeness (QED) is 0.311. The van der Waals surface area contributed by atoms with Crippen molar-refractivity contribution < 1.29 is 19.4 Å². The molecular weight excluding hydrogens is 683 g/mol. The fourth-order valence-electron chi connectivity index (χ4n) is 1.95. The van der Waals surface area contributed by atoms with Crippen molar-refractivity contribution in [3.8, 4) is 0 Å². The number of aryl methyl sites for hydroxylation is 1. The normalized spacial score (nSPS) is 10.8. The second-order valence-electron chi connectivity index (χ2n) is 4.99. The average molecular weight is 706 g/mol. The minimum atomic E-state index is 0.760. The van der Waals surface area contributed by atoms with Crippen LogP contribution in [0.5, 0.6) is 0 Å². The summed E-state index contributed by atoms with van der Waals surface area (Å²) in [6.45, 7) is 5.39. The zero-order valence-electron chi connectivity index (χ0n) is 13.2. The van der Waals surface area contributed by atoms with E-state index in [1.54, 1.807) is 0 Å². The Balaban J connectivity index is 0.000000261. The molecule has 0 unspecified atom stereocenters. The van der Waals surface area contributed by atoms with Crippen LogP contribution in [0.4, 0.5) is 0 Å². The number of nitrogens with zero attached hydrogens (tertiary/aromatic N) is 3. The molecule has 0 saturated carbocycles. The van der Waals surface area contributed by atoms with Gasteiger partial charge in [-0.2, -0.15) is 1.33 Å². The van der Waals surface area contributed by atoms with Crippen molar-refractivity contribution in [1.29, 1.82) is 0 Å². The Kier molecular flexibility index (Phi) is 10.4. The molecule has 0 aliphatic heterocycles. The minimum absolute atomic E-state index is 0.760. The van der Waals surface area contributed by atoms with Crippen molar-refractivity contribution in [2.24, 2.45) is 7.05 Å². The van der Waals surface area contributed by atoms with Crippen LogP contribution in [-0.2, 0) is 32.9 Å². The molecule has 0 spiro atoms. The standard InChI is InChI=1S/C11H12N2.C5H11I2N.Pt/c1-12-7-8-13(10-12)9-11-5-3-2-4-6-11;1-3-5(4-2)8(6)7;/h2-8H,9H2,1H3;5H,3-4H2,1-2H3;. The molecule has 0 bridgehead atoms. The van der Waals surface area contributed by atoms with Crippen molar-refractivity contribution >= 4 is 45.7 Å². The van der Waals surface area contributed by atoms with Crippen LogP contribution in [0.1, 0.15) is 32.3 Å². The van der Waals surface area contributed by atoms with Crippen LogP contribution in [-0.4, -0.2) is 16.5 Å². The maximum absolute atomic E-state index is 2.34. The molecule has 0 N–H and O–H groups in total. The molecule has 0 fully saturated rings. The Morgan fingerprint density at radius 1 is 1.09 bits per heavy atom. The van der Waals surface area contributed by atoms with Gasteiger partial charge in [-0.1, -0.05) is 13.8 Å². The summed E-state index contributed by atoms with van der Waals surface area (Å²) in [4.78, 5) is 0. The van der Waals surface area contributed by atoms with Crippen LogP contribution in [0.3, 0.4) is 0 Å². The van der Waals surface area contributed by atoms with Gasteiger partial charge in [0.2, 0.25) is 0 Å². The zero-order chi connectivity index (χ0) is 16.5. The van der Waals surface area contributed by atoms with E-state index in [0.717, 1.165) is 12.6 Å². The molecule has 126 valence electrons. The van der Waals surface area contributed by atoms with Crippen LogP contribution >= 0.6 is 45.7 Å². The molecule has 0 amide bonds. The van der Waals surface area contributed by atoms with Gasteiger partial charge in [0.05, 0.1) is 0 Å². The van der Waals surface area contributed by atoms with Gasteiger partial charge in [0.25, 0.3) is 0 Å². The Labute approximate surface area is 172 Å². The van der Waals surface area contributed by atoms with E-state index < -0.39 is 0 Å². The van der Waals surface area contributed by atoms with E-state index in [2.05, 4.69) is 133 Å². The maximum atomic E-state index is 2.34. The van der Waals surface area contributed by atoms with E-state index in [1.165, 1.54) is 22.2 Å². The van der Waals surface area contributed by atoms with E-state index >= 15 is 0 Å². The summed E-state index contributed by atoms with van der Waals surface area (Å²) in [6.07, 6.45) is 6.69. The van der Waals surface area contributed by atoms with E-state index in [1.807, 2.05) is 6.07 Å². The first-order chi connectivity index (χ1) is 10.5. The van der Waals surface area contributed by atoms with Crippen molar-refractivity contribution in [1.82, 2.24) is 10.5 Å². The van der Waals surface area contributed by atoms with Crippen LogP contribution in [0, 0.1) is 3.80 Å². The van der Waals surface area contributed by atoms with Gasteiger partial charge in [0.15, 0.2) is 0 Å². The number of hydrogen-bond donors (Lipinski definition) is 0. The van der Waals surface area contributed by atoms with Gasteiger partial charge in [-0.3, -0.25) is 0 Å². The van der Waals surface area contributed by atoms with Crippen LogP contribution in [0.2, 0.25) is 0 Å². The van der Waals surface area contributed by atoms with E-state index in [9.17, 15) is 0 Å². The average Bonchev–Trinajstić information content (AvgIpc) is 2.82. The monoisotopic (exact) mass is 706 g/mol. The van der Waals surface area contributed by atoms with Gasteiger partial charge < -0.3 is 0 Å². The second-order valence-corrected chi connectivity index (χ2v) is 9.93. The number of aromatic nitrogens is 2. The molecule has 0 atom stereocenters. The third-order valence-corrected chi connectivity index (χ3v) is 6.40. The third kappa shape index (κ3) is 6.97. The molecule has 6 heteroatoms. The van der Waals surface area contributed by atoms with Crippen molar-refractivity contribution in [3.63, 3.8) is 0 Å². The van der Waals surface area contributed by atoms with E-state index in [4.69, 9.17) is 0 Å². The first-order valence-corrected chi connectivity index (χ1v) is 10.4. The first kappa shape index (κ1) is 20.6. The van der Waals surface area contributed by atoms with Gasteiger partial charge in [-0.15, -0.1) is 0 Å².